The Morgan fingerprint density at radius 3 is 2.59 bits per heavy atom. The van der Waals surface area contributed by atoms with Crippen molar-refractivity contribution in [1.82, 2.24) is 9.88 Å². The Morgan fingerprint density at radius 2 is 1.88 bits per heavy atom. The van der Waals surface area contributed by atoms with Gasteiger partial charge in [-0.3, -0.25) is 24.1 Å². The Balaban J connectivity index is 1.48. The van der Waals surface area contributed by atoms with Gasteiger partial charge in [0.2, 0.25) is 11.8 Å². The van der Waals surface area contributed by atoms with Gasteiger partial charge in [0.1, 0.15) is 6.54 Å². The van der Waals surface area contributed by atoms with E-state index in [4.69, 9.17) is 23.2 Å². The smallest absolute Gasteiger partial charge is 0.323 e. The first kappa shape index (κ1) is 20.8. The number of thiazole rings is 1. The second-order valence-corrected chi connectivity index (χ2v) is 11.7. The number of likely N-dealkylation sites (tertiary alicyclic amines) is 1. The van der Waals surface area contributed by atoms with E-state index < -0.39 is 24.3 Å². The topological polar surface area (TPSA) is 108 Å². The molecule has 1 aromatic heterocycles. The predicted molar refractivity (Wildman–Crippen MR) is 119 cm³/mol. The molecule has 7 nitrogen and oxygen atoms in total. The van der Waals surface area contributed by atoms with E-state index in [1.165, 1.54) is 0 Å². The third kappa shape index (κ3) is 2.68. The van der Waals surface area contributed by atoms with Crippen LogP contribution in [0.5, 0.6) is 0 Å². The maximum absolute atomic E-state index is 13.1. The monoisotopic (exact) mass is 510 g/mol. The molecule has 4 aliphatic rings. The van der Waals surface area contributed by atoms with Gasteiger partial charge in [-0.1, -0.05) is 46.7 Å². The first-order valence-corrected chi connectivity index (χ1v) is 12.6. The van der Waals surface area contributed by atoms with Crippen molar-refractivity contribution in [3.05, 3.63) is 48.4 Å². The average molecular weight is 511 g/mol. The van der Waals surface area contributed by atoms with Crippen LogP contribution in [0.1, 0.15) is 22.8 Å². The molecule has 2 aliphatic carbocycles. The summed E-state index contributed by atoms with van der Waals surface area (Å²) in [5.74, 6) is -3.38. The number of hydrogen-bond donors (Lipinski definition) is 2. The van der Waals surface area contributed by atoms with Crippen LogP contribution in [-0.2, 0) is 14.4 Å². The number of aromatic amines is 1. The molecule has 0 unspecified atom stereocenters. The van der Waals surface area contributed by atoms with E-state index >= 15 is 0 Å². The highest BCUT2D eigenvalue weighted by atomic mass is 35.5. The highest BCUT2D eigenvalue weighted by Gasteiger charge is 2.69. The summed E-state index contributed by atoms with van der Waals surface area (Å²) in [5, 5.41) is 10.8. The molecule has 1 aromatic carbocycles. The lowest BCUT2D eigenvalue weighted by molar-refractivity contribution is -0.149. The first-order chi connectivity index (χ1) is 15.3. The van der Waals surface area contributed by atoms with Gasteiger partial charge in [-0.05, 0) is 35.8 Å². The number of carbonyl (C=O) groups is 3. The van der Waals surface area contributed by atoms with Crippen LogP contribution in [0.4, 0.5) is 0 Å². The van der Waals surface area contributed by atoms with Crippen molar-refractivity contribution in [2.24, 2.45) is 29.6 Å². The maximum Gasteiger partial charge on any atom is 0.323 e. The SMILES string of the molecule is O=C(O)CN1C(=O)[C@@H]2[C@H]3C[C@@H]([C@@H]2C1=O)[C@@H]1[C@@H](c2cccc(Cl)c2Cl)c2sc(=O)[nH]c2S[C@H]31. The van der Waals surface area contributed by atoms with E-state index in [9.17, 15) is 24.3 Å². The predicted octanol–water partition coefficient (Wildman–Crippen LogP) is 3.30. The third-order valence-electron chi connectivity index (χ3n) is 7.43. The van der Waals surface area contributed by atoms with Crippen molar-refractivity contribution in [3.8, 4) is 0 Å². The second-order valence-electron chi connectivity index (χ2n) is 8.76. The van der Waals surface area contributed by atoms with Crippen molar-refractivity contribution in [1.29, 1.82) is 0 Å². The lowest BCUT2D eigenvalue weighted by Crippen LogP contribution is -2.42. The molecule has 3 heterocycles. The Kier molecular flexibility index (Phi) is 4.60. The van der Waals surface area contributed by atoms with Crippen LogP contribution in [-0.4, -0.2) is 44.6 Å². The fraction of sp³-hybridized carbons (Fsp3) is 0.429. The Hall–Kier alpha value is -1.81. The maximum atomic E-state index is 13.1. The van der Waals surface area contributed by atoms with Crippen LogP contribution in [0, 0.1) is 29.6 Å². The van der Waals surface area contributed by atoms with Crippen LogP contribution < -0.4 is 4.87 Å². The molecule has 7 atom stereocenters. The van der Waals surface area contributed by atoms with E-state index in [1.807, 2.05) is 12.1 Å². The van der Waals surface area contributed by atoms with Crippen molar-refractivity contribution < 1.29 is 19.5 Å². The van der Waals surface area contributed by atoms with Gasteiger partial charge < -0.3 is 10.1 Å². The highest BCUT2D eigenvalue weighted by molar-refractivity contribution is 8.00. The molecule has 2 aliphatic heterocycles. The Morgan fingerprint density at radius 1 is 1.16 bits per heavy atom. The van der Waals surface area contributed by atoms with Crippen molar-refractivity contribution >= 4 is 64.1 Å². The molecule has 3 fully saturated rings. The molecular weight excluding hydrogens is 495 g/mol. The number of aromatic nitrogens is 1. The highest BCUT2D eigenvalue weighted by Crippen LogP contribution is 2.68. The van der Waals surface area contributed by atoms with Crippen molar-refractivity contribution in [2.75, 3.05) is 6.54 Å². The summed E-state index contributed by atoms with van der Waals surface area (Å²) in [4.78, 5) is 54.2. The molecule has 0 radical (unpaired) electrons. The molecule has 0 spiro atoms. The number of fused-ring (bicyclic) bond motifs is 9. The quantitative estimate of drug-likeness (QED) is 0.613. The first-order valence-electron chi connectivity index (χ1n) is 10.2. The molecular formula is C21H16Cl2N2O5S2. The van der Waals surface area contributed by atoms with Gasteiger partial charge in [0.05, 0.1) is 26.9 Å². The third-order valence-corrected chi connectivity index (χ3v) is 10.8. The number of halogens is 2. The molecule has 1 saturated heterocycles. The number of nitrogens with one attached hydrogen (secondary N) is 1. The number of benzene rings is 1. The number of carboxylic acid groups (broad SMARTS) is 1. The summed E-state index contributed by atoms with van der Waals surface area (Å²) in [5.41, 5.74) is 0.814. The second kappa shape index (κ2) is 7.09. The Bertz CT molecular complexity index is 1260. The summed E-state index contributed by atoms with van der Waals surface area (Å²) in [6.07, 6.45) is 0.726. The van der Waals surface area contributed by atoms with Gasteiger partial charge in [0.25, 0.3) is 0 Å². The standard InChI is InChI=1S/C21H16Cl2N2O5S2/c22-9-3-1-2-6(15(9)23)11-12-7-4-8(16(12)31-18-17(11)32-21(30)24-18)14-13(7)19(28)25(20(14)29)5-10(26)27/h1-3,7-8,11-14,16H,4-5H2,(H,24,30)(H,26,27)/t7-,8-,11-,12-,13+,14-,16-/m1/s1. The fourth-order valence-corrected chi connectivity index (χ4v) is 9.78. The van der Waals surface area contributed by atoms with Crippen molar-refractivity contribution in [3.63, 3.8) is 0 Å². The average Bonchev–Trinajstić information content (AvgIpc) is 3.46. The number of imide groups is 1. The van der Waals surface area contributed by atoms with Crippen LogP contribution in [0.15, 0.2) is 28.0 Å². The zero-order chi connectivity index (χ0) is 22.5. The van der Waals surface area contributed by atoms with Gasteiger partial charge >= 0.3 is 10.8 Å². The van der Waals surface area contributed by atoms with E-state index in [2.05, 4.69) is 4.98 Å². The number of thioether (sulfide) groups is 1. The summed E-state index contributed by atoms with van der Waals surface area (Å²) in [6, 6.07) is 5.44. The zero-order valence-electron chi connectivity index (χ0n) is 16.3. The lowest BCUT2D eigenvalue weighted by atomic mass is 9.68. The Labute approximate surface area is 200 Å². The van der Waals surface area contributed by atoms with Gasteiger partial charge in [-0.25, -0.2) is 0 Å². The summed E-state index contributed by atoms with van der Waals surface area (Å²) < 4.78 is 0. The molecule has 6 rings (SSSR count). The summed E-state index contributed by atoms with van der Waals surface area (Å²) in [7, 11) is 0. The van der Waals surface area contributed by atoms with Gasteiger partial charge in [0, 0.05) is 16.0 Å². The molecule has 2 N–H and O–H groups in total. The van der Waals surface area contributed by atoms with Crippen LogP contribution >= 0.6 is 46.3 Å². The van der Waals surface area contributed by atoms with Gasteiger partial charge in [0.15, 0.2) is 0 Å². The minimum Gasteiger partial charge on any atom is -0.480 e. The molecule has 2 amide bonds. The van der Waals surface area contributed by atoms with E-state index in [0.717, 1.165) is 38.1 Å². The minimum atomic E-state index is -1.20. The molecule has 11 heteroatoms. The number of carboxylic acids is 1. The largest absolute Gasteiger partial charge is 0.480 e. The van der Waals surface area contributed by atoms with Gasteiger partial charge in [-0.15, -0.1) is 11.8 Å². The van der Waals surface area contributed by atoms with Crippen LogP contribution in [0.3, 0.4) is 0 Å². The molecule has 2 saturated carbocycles. The van der Waals surface area contributed by atoms with Crippen molar-refractivity contribution in [2.45, 2.75) is 22.6 Å². The van der Waals surface area contributed by atoms with Crippen LogP contribution in [0.25, 0.3) is 0 Å². The molecule has 166 valence electrons. The number of H-pyrrole nitrogens is 1. The number of nitrogens with zero attached hydrogens (tertiary/aromatic N) is 1. The number of amides is 2. The van der Waals surface area contributed by atoms with E-state index in [-0.39, 0.29) is 45.6 Å². The fourth-order valence-electron chi connectivity index (χ4n) is 6.48. The minimum absolute atomic E-state index is 0.0114. The zero-order valence-corrected chi connectivity index (χ0v) is 19.4. The molecule has 2 bridgehead atoms. The molecule has 2 aromatic rings. The van der Waals surface area contributed by atoms with Crippen LogP contribution in [0.2, 0.25) is 10.0 Å². The summed E-state index contributed by atoms with van der Waals surface area (Å²) >= 11 is 15.7. The van der Waals surface area contributed by atoms with E-state index in [1.54, 1.807) is 17.8 Å². The van der Waals surface area contributed by atoms with Gasteiger partial charge in [-0.2, -0.15) is 0 Å². The van der Waals surface area contributed by atoms with E-state index in [0.29, 0.717) is 10.0 Å². The summed E-state index contributed by atoms with van der Waals surface area (Å²) in [6.45, 7) is -0.600. The lowest BCUT2D eigenvalue weighted by Gasteiger charge is -2.43. The molecule has 32 heavy (non-hydrogen) atoms. The number of rotatable bonds is 3. The number of hydrogen-bond acceptors (Lipinski definition) is 6. The number of aliphatic carboxylic acids is 1. The number of carbonyl (C=O) groups excluding carboxylic acids is 2. The normalized spacial score (nSPS) is 34.6.